The van der Waals surface area contributed by atoms with Gasteiger partial charge >= 0.3 is 5.97 Å². The molecule has 1 N–H and O–H groups in total. The molecule has 0 heterocycles. The highest BCUT2D eigenvalue weighted by atomic mass is 16.5. The van der Waals surface area contributed by atoms with Gasteiger partial charge in [0, 0.05) is 12.8 Å². The molecule has 2 unspecified atom stereocenters. The molecule has 0 fully saturated rings. The molecule has 2 atom stereocenters. The lowest BCUT2D eigenvalue weighted by Crippen LogP contribution is -2.32. The summed E-state index contributed by atoms with van der Waals surface area (Å²) in [5.41, 5.74) is 1.56. The highest BCUT2D eigenvalue weighted by Crippen LogP contribution is 2.17. The molecule has 0 radical (unpaired) electrons. The Hall–Kier alpha value is -2.40. The van der Waals surface area contributed by atoms with Gasteiger partial charge in [-0.15, -0.1) is 0 Å². The molecular formula is C19H23NO4. The Kier molecular flexibility index (Phi) is 6.75. The second-order valence-corrected chi connectivity index (χ2v) is 5.57. The smallest absolute Gasteiger partial charge is 0.311 e. The van der Waals surface area contributed by atoms with Crippen LogP contribution in [0.3, 0.4) is 0 Å². The van der Waals surface area contributed by atoms with E-state index in [1.807, 2.05) is 43.4 Å². The summed E-state index contributed by atoms with van der Waals surface area (Å²) in [5.74, 6) is -0.721. The first-order valence-corrected chi connectivity index (χ1v) is 8.07. The summed E-state index contributed by atoms with van der Waals surface area (Å²) >= 11 is 0. The molecule has 0 aromatic heterocycles. The van der Waals surface area contributed by atoms with Crippen LogP contribution in [-0.2, 0) is 19.1 Å². The van der Waals surface area contributed by atoms with Crippen LogP contribution in [0.2, 0.25) is 0 Å². The van der Waals surface area contributed by atoms with Gasteiger partial charge in [-0.05, 0) is 30.5 Å². The third-order valence-corrected chi connectivity index (χ3v) is 3.77. The number of methoxy groups -OCH3 is 1. The van der Waals surface area contributed by atoms with Crippen LogP contribution in [0.25, 0.3) is 0 Å². The van der Waals surface area contributed by atoms with E-state index >= 15 is 0 Å². The number of carbonyl (C=O) groups is 2. The zero-order valence-electron chi connectivity index (χ0n) is 14.0. The van der Waals surface area contributed by atoms with E-state index in [2.05, 4.69) is 5.32 Å². The number of anilines is 1. The zero-order chi connectivity index (χ0) is 17.4. The topological polar surface area (TPSA) is 64.6 Å². The Morgan fingerprint density at radius 2 is 2.04 bits per heavy atom. The van der Waals surface area contributed by atoms with Crippen LogP contribution >= 0.6 is 0 Å². The van der Waals surface area contributed by atoms with Crippen molar-refractivity contribution in [2.75, 3.05) is 12.4 Å². The van der Waals surface area contributed by atoms with Crippen molar-refractivity contribution in [3.63, 3.8) is 0 Å². The fraction of sp³-hybridized carbons (Fsp3) is 0.368. The van der Waals surface area contributed by atoms with Gasteiger partial charge in [-0.2, -0.15) is 0 Å². The Balaban J connectivity index is 1.85. The molecule has 1 aliphatic rings. The summed E-state index contributed by atoms with van der Waals surface area (Å²) in [6.45, 7) is 1.81. The predicted octanol–water partition coefficient (Wildman–Crippen LogP) is 3.24. The number of hydrogen-bond donors (Lipinski definition) is 1. The molecule has 1 aromatic rings. The minimum absolute atomic E-state index is 0.0600. The first-order valence-electron chi connectivity index (χ1n) is 8.07. The number of benzene rings is 1. The average Bonchev–Trinajstić information content (AvgIpc) is 2.61. The van der Waals surface area contributed by atoms with E-state index in [9.17, 15) is 9.59 Å². The SMILES string of the molecule is CCC(OC(=O)CC1=CCC(OC)C=C1)C(=O)Nc1ccccc1. The fourth-order valence-electron chi connectivity index (χ4n) is 2.38. The maximum absolute atomic E-state index is 12.2. The van der Waals surface area contributed by atoms with Crippen LogP contribution in [0.15, 0.2) is 54.1 Å². The normalized spacial score (nSPS) is 17.8. The van der Waals surface area contributed by atoms with Crippen LogP contribution in [-0.4, -0.2) is 31.2 Å². The van der Waals surface area contributed by atoms with Crippen molar-refractivity contribution in [3.8, 4) is 0 Å². The first-order chi connectivity index (χ1) is 11.6. The molecule has 5 heteroatoms. The first kappa shape index (κ1) is 17.9. The summed E-state index contributed by atoms with van der Waals surface area (Å²) in [4.78, 5) is 24.3. The van der Waals surface area contributed by atoms with Gasteiger partial charge in [0.2, 0.25) is 0 Å². The molecule has 2 rings (SSSR count). The molecule has 128 valence electrons. The number of para-hydroxylation sites is 1. The van der Waals surface area contributed by atoms with E-state index in [0.29, 0.717) is 12.1 Å². The van der Waals surface area contributed by atoms with Crippen LogP contribution in [0, 0.1) is 0 Å². The number of amides is 1. The molecule has 0 saturated carbocycles. The third-order valence-electron chi connectivity index (χ3n) is 3.77. The van der Waals surface area contributed by atoms with Crippen LogP contribution < -0.4 is 5.32 Å². The molecule has 0 aliphatic heterocycles. The van der Waals surface area contributed by atoms with Gasteiger partial charge < -0.3 is 14.8 Å². The maximum Gasteiger partial charge on any atom is 0.311 e. The third kappa shape index (κ3) is 5.35. The monoisotopic (exact) mass is 329 g/mol. The lowest BCUT2D eigenvalue weighted by molar-refractivity contribution is -0.153. The van der Waals surface area contributed by atoms with Gasteiger partial charge in [-0.1, -0.05) is 43.4 Å². The highest BCUT2D eigenvalue weighted by molar-refractivity contribution is 5.95. The molecular weight excluding hydrogens is 306 g/mol. The van der Waals surface area contributed by atoms with Crippen LogP contribution in [0.5, 0.6) is 0 Å². The van der Waals surface area contributed by atoms with Crippen molar-refractivity contribution < 1.29 is 19.1 Å². The lowest BCUT2D eigenvalue weighted by Gasteiger charge is -2.17. The molecule has 5 nitrogen and oxygen atoms in total. The number of allylic oxidation sites excluding steroid dienone is 1. The van der Waals surface area contributed by atoms with Gasteiger partial charge in [0.05, 0.1) is 12.5 Å². The number of rotatable bonds is 7. The summed E-state index contributed by atoms with van der Waals surface area (Å²) < 4.78 is 10.5. The Bertz CT molecular complexity index is 622. The van der Waals surface area contributed by atoms with E-state index in [-0.39, 0.29) is 18.4 Å². The quantitative estimate of drug-likeness (QED) is 0.780. The zero-order valence-corrected chi connectivity index (χ0v) is 14.0. The van der Waals surface area contributed by atoms with Gasteiger partial charge in [0.1, 0.15) is 0 Å². The Labute approximate surface area is 142 Å². The molecule has 1 aliphatic carbocycles. The second-order valence-electron chi connectivity index (χ2n) is 5.57. The van der Waals surface area contributed by atoms with Gasteiger partial charge in [-0.25, -0.2) is 0 Å². The molecule has 1 amide bonds. The largest absolute Gasteiger partial charge is 0.452 e. The average molecular weight is 329 g/mol. The van der Waals surface area contributed by atoms with Gasteiger partial charge in [-0.3, -0.25) is 9.59 Å². The summed E-state index contributed by atoms with van der Waals surface area (Å²) in [5, 5.41) is 2.75. The van der Waals surface area contributed by atoms with Crippen molar-refractivity contribution in [2.45, 2.75) is 38.4 Å². The number of hydrogen-bond acceptors (Lipinski definition) is 4. The van der Waals surface area contributed by atoms with E-state index in [1.54, 1.807) is 19.2 Å². The van der Waals surface area contributed by atoms with Crippen molar-refractivity contribution in [3.05, 3.63) is 54.1 Å². The minimum Gasteiger partial charge on any atom is -0.452 e. The highest BCUT2D eigenvalue weighted by Gasteiger charge is 2.22. The van der Waals surface area contributed by atoms with E-state index < -0.39 is 12.1 Å². The molecule has 24 heavy (non-hydrogen) atoms. The van der Waals surface area contributed by atoms with Crippen molar-refractivity contribution >= 4 is 17.6 Å². The summed E-state index contributed by atoms with van der Waals surface area (Å²) in [6.07, 6.45) is 6.32. The molecule has 0 spiro atoms. The summed E-state index contributed by atoms with van der Waals surface area (Å²) in [7, 11) is 1.65. The standard InChI is InChI=1S/C19H23NO4/c1-3-17(19(22)20-15-7-5-4-6-8-15)24-18(21)13-14-9-11-16(23-2)12-10-14/h4-11,16-17H,3,12-13H2,1-2H3,(H,20,22). The van der Waals surface area contributed by atoms with Crippen LogP contribution in [0.1, 0.15) is 26.2 Å². The molecule has 0 bridgehead atoms. The summed E-state index contributed by atoms with van der Waals surface area (Å²) in [6, 6.07) is 9.11. The Morgan fingerprint density at radius 3 is 2.62 bits per heavy atom. The van der Waals surface area contributed by atoms with E-state index in [0.717, 1.165) is 12.0 Å². The fourth-order valence-corrected chi connectivity index (χ4v) is 2.38. The Morgan fingerprint density at radius 1 is 1.29 bits per heavy atom. The molecule has 1 aromatic carbocycles. The van der Waals surface area contributed by atoms with Crippen molar-refractivity contribution in [2.24, 2.45) is 0 Å². The number of nitrogens with one attached hydrogen (secondary N) is 1. The maximum atomic E-state index is 12.2. The van der Waals surface area contributed by atoms with Gasteiger partial charge in [0.25, 0.3) is 5.91 Å². The minimum atomic E-state index is -0.794. The van der Waals surface area contributed by atoms with Crippen molar-refractivity contribution in [1.29, 1.82) is 0 Å². The van der Waals surface area contributed by atoms with Crippen molar-refractivity contribution in [1.82, 2.24) is 0 Å². The van der Waals surface area contributed by atoms with Crippen LogP contribution in [0.4, 0.5) is 5.69 Å². The van der Waals surface area contributed by atoms with E-state index in [4.69, 9.17) is 9.47 Å². The number of carbonyl (C=O) groups excluding carboxylic acids is 2. The van der Waals surface area contributed by atoms with E-state index in [1.165, 1.54) is 0 Å². The number of esters is 1. The second kappa shape index (κ2) is 9.03. The van der Waals surface area contributed by atoms with Gasteiger partial charge in [0.15, 0.2) is 6.10 Å². The molecule has 0 saturated heterocycles. The lowest BCUT2D eigenvalue weighted by atomic mass is 10.0. The predicted molar refractivity (Wildman–Crippen MR) is 92.5 cm³/mol. The number of ether oxygens (including phenoxy) is 2.